The number of piperidine rings is 1. The lowest BCUT2D eigenvalue weighted by molar-refractivity contribution is -0.137. The standard InChI is InChI=1S/C19H25N3O3/c23-17-11-19(14-22(17)12-15-1-6-20-7-2-15)4-8-21(9-5-19)18(24)16-3-10-25-13-16/h1-2,6-7,16H,3-5,8-14H2/t16-/m1/s1. The van der Waals surface area contributed by atoms with Gasteiger partial charge in [-0.1, -0.05) is 0 Å². The highest BCUT2D eigenvalue weighted by atomic mass is 16.5. The van der Waals surface area contributed by atoms with Crippen molar-refractivity contribution in [2.75, 3.05) is 32.8 Å². The van der Waals surface area contributed by atoms with E-state index in [9.17, 15) is 9.59 Å². The molecule has 0 unspecified atom stereocenters. The molecule has 3 aliphatic rings. The lowest BCUT2D eigenvalue weighted by Gasteiger charge is -2.39. The molecule has 2 amide bonds. The molecule has 0 aliphatic carbocycles. The number of carbonyl (C=O) groups is 2. The fourth-order valence-corrected chi connectivity index (χ4v) is 4.36. The Morgan fingerprint density at radius 2 is 2.04 bits per heavy atom. The van der Waals surface area contributed by atoms with Crippen LogP contribution >= 0.6 is 0 Å². The maximum absolute atomic E-state index is 12.5. The number of pyridine rings is 1. The van der Waals surface area contributed by atoms with E-state index < -0.39 is 0 Å². The van der Waals surface area contributed by atoms with Crippen LogP contribution in [0.15, 0.2) is 24.5 Å². The predicted molar refractivity (Wildman–Crippen MR) is 91.4 cm³/mol. The molecule has 1 aromatic heterocycles. The number of ether oxygens (including phenoxy) is 1. The summed E-state index contributed by atoms with van der Waals surface area (Å²) in [6, 6.07) is 3.92. The van der Waals surface area contributed by atoms with Gasteiger partial charge >= 0.3 is 0 Å². The molecule has 0 aromatic carbocycles. The Kier molecular flexibility index (Phi) is 4.46. The Labute approximate surface area is 148 Å². The van der Waals surface area contributed by atoms with Crippen molar-refractivity contribution in [3.05, 3.63) is 30.1 Å². The van der Waals surface area contributed by atoms with Crippen molar-refractivity contribution in [2.45, 2.75) is 32.2 Å². The smallest absolute Gasteiger partial charge is 0.228 e. The number of nitrogens with zero attached hydrogens (tertiary/aromatic N) is 3. The van der Waals surface area contributed by atoms with Gasteiger partial charge in [0.1, 0.15) is 0 Å². The monoisotopic (exact) mass is 343 g/mol. The number of hydrogen-bond donors (Lipinski definition) is 0. The minimum Gasteiger partial charge on any atom is -0.381 e. The largest absolute Gasteiger partial charge is 0.381 e. The van der Waals surface area contributed by atoms with E-state index in [0.717, 1.165) is 44.5 Å². The predicted octanol–water partition coefficient (Wildman–Crippen LogP) is 1.46. The highest BCUT2D eigenvalue weighted by molar-refractivity contribution is 5.80. The van der Waals surface area contributed by atoms with Gasteiger partial charge in [-0.05, 0) is 37.0 Å². The SMILES string of the molecule is O=C1CC2(CCN(C(=O)[C@@H]3CCOC3)CC2)CN1Cc1ccncc1. The van der Waals surface area contributed by atoms with E-state index >= 15 is 0 Å². The van der Waals surface area contributed by atoms with Gasteiger partial charge in [-0.25, -0.2) is 0 Å². The van der Waals surface area contributed by atoms with Crippen LogP contribution < -0.4 is 0 Å². The number of aromatic nitrogens is 1. The van der Waals surface area contributed by atoms with Crippen LogP contribution in [0.4, 0.5) is 0 Å². The van der Waals surface area contributed by atoms with Crippen molar-refractivity contribution in [1.29, 1.82) is 0 Å². The fraction of sp³-hybridized carbons (Fsp3) is 0.632. The Hall–Kier alpha value is -1.95. The second-order valence-electron chi connectivity index (χ2n) is 7.67. The van der Waals surface area contributed by atoms with Crippen LogP contribution in [0.1, 0.15) is 31.2 Å². The molecule has 134 valence electrons. The number of rotatable bonds is 3. The first kappa shape index (κ1) is 16.5. The summed E-state index contributed by atoms with van der Waals surface area (Å²) < 4.78 is 5.34. The highest BCUT2D eigenvalue weighted by Gasteiger charge is 2.45. The summed E-state index contributed by atoms with van der Waals surface area (Å²) in [6.07, 6.45) is 6.84. The number of likely N-dealkylation sites (tertiary alicyclic amines) is 2. The molecule has 0 radical (unpaired) electrons. The van der Waals surface area contributed by atoms with E-state index in [1.165, 1.54) is 0 Å². The number of carbonyl (C=O) groups excluding carboxylic acids is 2. The molecule has 1 atom stereocenters. The third kappa shape index (κ3) is 3.40. The van der Waals surface area contributed by atoms with Crippen LogP contribution in [0.2, 0.25) is 0 Å². The molecule has 25 heavy (non-hydrogen) atoms. The lowest BCUT2D eigenvalue weighted by atomic mass is 9.77. The summed E-state index contributed by atoms with van der Waals surface area (Å²) in [6.45, 7) is 4.27. The average Bonchev–Trinajstić information content (AvgIpc) is 3.25. The van der Waals surface area contributed by atoms with Gasteiger partial charge in [0, 0.05) is 57.0 Å². The van der Waals surface area contributed by atoms with E-state index in [2.05, 4.69) is 4.98 Å². The van der Waals surface area contributed by atoms with Gasteiger partial charge < -0.3 is 14.5 Å². The molecule has 1 aromatic rings. The second-order valence-corrected chi connectivity index (χ2v) is 7.67. The number of amides is 2. The summed E-state index contributed by atoms with van der Waals surface area (Å²) in [4.78, 5) is 33.0. The van der Waals surface area contributed by atoms with Crippen molar-refractivity contribution < 1.29 is 14.3 Å². The Morgan fingerprint density at radius 1 is 1.28 bits per heavy atom. The second kappa shape index (κ2) is 6.75. The zero-order valence-corrected chi connectivity index (χ0v) is 14.5. The van der Waals surface area contributed by atoms with E-state index in [4.69, 9.17) is 4.74 Å². The molecule has 3 saturated heterocycles. The molecule has 3 fully saturated rings. The van der Waals surface area contributed by atoms with Crippen LogP contribution in [0.3, 0.4) is 0 Å². The average molecular weight is 343 g/mol. The Morgan fingerprint density at radius 3 is 2.72 bits per heavy atom. The molecule has 0 bridgehead atoms. The molecule has 4 heterocycles. The number of hydrogen-bond acceptors (Lipinski definition) is 4. The molecule has 4 rings (SSSR count). The highest BCUT2D eigenvalue weighted by Crippen LogP contribution is 2.41. The Bertz CT molecular complexity index is 635. The molecule has 0 saturated carbocycles. The zero-order valence-electron chi connectivity index (χ0n) is 14.5. The van der Waals surface area contributed by atoms with E-state index in [1.54, 1.807) is 12.4 Å². The molecule has 3 aliphatic heterocycles. The summed E-state index contributed by atoms with van der Waals surface area (Å²) in [5.41, 5.74) is 1.17. The van der Waals surface area contributed by atoms with E-state index in [-0.39, 0.29) is 23.1 Å². The zero-order chi connectivity index (χ0) is 17.3. The van der Waals surface area contributed by atoms with Crippen LogP contribution in [-0.4, -0.2) is 59.4 Å². The van der Waals surface area contributed by atoms with Gasteiger partial charge in [0.15, 0.2) is 0 Å². The van der Waals surface area contributed by atoms with Gasteiger partial charge in [-0.3, -0.25) is 14.6 Å². The summed E-state index contributed by atoms with van der Waals surface area (Å²) in [5.74, 6) is 0.522. The molecule has 0 N–H and O–H groups in total. The van der Waals surface area contributed by atoms with Crippen LogP contribution in [-0.2, 0) is 20.9 Å². The molecular formula is C19H25N3O3. The van der Waals surface area contributed by atoms with Crippen molar-refractivity contribution >= 4 is 11.8 Å². The van der Waals surface area contributed by atoms with Crippen LogP contribution in [0, 0.1) is 11.3 Å². The minimum absolute atomic E-state index is 0.0439. The molecule has 1 spiro atoms. The first-order valence-electron chi connectivity index (χ1n) is 9.18. The van der Waals surface area contributed by atoms with Crippen LogP contribution in [0.25, 0.3) is 0 Å². The fourth-order valence-electron chi connectivity index (χ4n) is 4.36. The van der Waals surface area contributed by atoms with Gasteiger partial charge in [-0.15, -0.1) is 0 Å². The van der Waals surface area contributed by atoms with Crippen LogP contribution in [0.5, 0.6) is 0 Å². The van der Waals surface area contributed by atoms with Gasteiger partial charge in [0.2, 0.25) is 11.8 Å². The van der Waals surface area contributed by atoms with Crippen molar-refractivity contribution in [1.82, 2.24) is 14.8 Å². The van der Waals surface area contributed by atoms with Crippen molar-refractivity contribution in [2.24, 2.45) is 11.3 Å². The summed E-state index contributed by atoms with van der Waals surface area (Å²) in [7, 11) is 0. The van der Waals surface area contributed by atoms with Gasteiger partial charge in [0.25, 0.3) is 0 Å². The molecule has 6 heteroatoms. The molecular weight excluding hydrogens is 318 g/mol. The first-order chi connectivity index (χ1) is 12.2. The van der Waals surface area contributed by atoms with E-state index in [1.807, 2.05) is 21.9 Å². The third-order valence-electron chi connectivity index (χ3n) is 5.94. The Balaban J connectivity index is 1.35. The van der Waals surface area contributed by atoms with Crippen molar-refractivity contribution in [3.63, 3.8) is 0 Å². The van der Waals surface area contributed by atoms with Gasteiger partial charge in [0.05, 0.1) is 12.5 Å². The van der Waals surface area contributed by atoms with Crippen molar-refractivity contribution in [3.8, 4) is 0 Å². The van der Waals surface area contributed by atoms with Gasteiger partial charge in [-0.2, -0.15) is 0 Å². The quantitative estimate of drug-likeness (QED) is 0.834. The minimum atomic E-state index is 0.0439. The first-order valence-corrected chi connectivity index (χ1v) is 9.18. The molecule has 6 nitrogen and oxygen atoms in total. The lowest BCUT2D eigenvalue weighted by Crippen LogP contribution is -2.46. The summed E-state index contributed by atoms with van der Waals surface area (Å²) >= 11 is 0. The maximum atomic E-state index is 12.5. The third-order valence-corrected chi connectivity index (χ3v) is 5.94. The normalized spacial score (nSPS) is 25.8. The topological polar surface area (TPSA) is 62.7 Å². The van der Waals surface area contributed by atoms with E-state index in [0.29, 0.717) is 26.2 Å². The summed E-state index contributed by atoms with van der Waals surface area (Å²) in [5, 5.41) is 0. The maximum Gasteiger partial charge on any atom is 0.228 e.